The van der Waals surface area contributed by atoms with Crippen molar-refractivity contribution in [3.63, 3.8) is 0 Å². The maximum Gasteiger partial charge on any atom is 0.418 e. The van der Waals surface area contributed by atoms with Gasteiger partial charge in [0.05, 0.1) is 39.6 Å². The van der Waals surface area contributed by atoms with Gasteiger partial charge in [-0.15, -0.1) is 0 Å². The molecule has 6 aliphatic heterocycles. The molecule has 1 aromatic carbocycles. The molecular weight excluding hydrogens is 714 g/mol. The monoisotopic (exact) mass is 743 g/mol. The van der Waals surface area contributed by atoms with Gasteiger partial charge < -0.3 is 10.5 Å². The highest BCUT2D eigenvalue weighted by Gasteiger charge is 3.02. The smallest absolute Gasteiger partial charge is 0.418 e. The number of hydrogen-bond donors (Lipinski definition) is 1. The number of carbonyl (C=O) groups is 1. The summed E-state index contributed by atoms with van der Waals surface area (Å²) >= 11 is 6.60. The Morgan fingerprint density at radius 1 is 1.21 bits per heavy atom. The van der Waals surface area contributed by atoms with Crippen LogP contribution in [0.5, 0.6) is 6.01 Å². The number of benzene rings is 1. The number of rotatable bonds is 7. The maximum atomic E-state index is 16.9. The van der Waals surface area contributed by atoms with Gasteiger partial charge in [0.15, 0.2) is 11.9 Å². The Kier molecular flexibility index (Phi) is 7.19. The van der Waals surface area contributed by atoms with Gasteiger partial charge in [-0.25, -0.2) is 23.0 Å². The van der Waals surface area contributed by atoms with Gasteiger partial charge >= 0.3 is 18.1 Å². The second kappa shape index (κ2) is 11.2. The fourth-order valence-corrected chi connectivity index (χ4v) is 9.36. The molecule has 6 saturated heterocycles. The van der Waals surface area contributed by atoms with Crippen LogP contribution in [-0.2, 0) is 11.0 Å². The predicted octanol–water partition coefficient (Wildman–Crippen LogP) is 6.01. The lowest BCUT2D eigenvalue weighted by molar-refractivity contribution is -0.642. The molecule has 2 bridgehead atoms. The molecule has 1 amide bonds. The van der Waals surface area contributed by atoms with E-state index in [0.29, 0.717) is 13.0 Å². The molecule has 4 unspecified atom stereocenters. The standard InChI is InChI=1S/C35H30ClF6N8O2/c1-16-9-23(43)45-28(25(16)35(40,41)42)24-20(36)11-19-27(26(24)39)46-33(52-15-34-6-4-8-48(34)13-17(37)12-34)47-30(19)49-14-22-29-31(49)50(22,29)32(51)21(38)10-18-5-2-3-7-44-18/h2-3,5,7,9-11,17,22,29,31H,4,6,8,12-15H2,1H3,(H2,43,45)/q+1/b21-10-/t17?,22?,29-,31-,34?,50?/m1/s1. The number of halogens is 7. The van der Waals surface area contributed by atoms with E-state index in [0.717, 1.165) is 18.6 Å². The molecule has 6 atom stereocenters. The number of fused-ring (bicyclic) bond motifs is 3. The van der Waals surface area contributed by atoms with Crippen LogP contribution in [0.15, 0.2) is 42.4 Å². The summed E-state index contributed by atoms with van der Waals surface area (Å²) in [6.07, 6.45) is -2.22. The SMILES string of the molecule is Cc1cc(N)nc(-c2c(Cl)cc3c(N4CC5[C@@H]6[C@H]4[N+]56C(=O)/C(F)=C/c4ccccn4)nc(OCC45CCCN4CC(F)C5)nc3c2F)c1C(F)(F)F. The number of aromatic nitrogens is 4. The van der Waals surface area contributed by atoms with Crippen LogP contribution in [0.25, 0.3) is 28.2 Å². The van der Waals surface area contributed by atoms with Crippen molar-refractivity contribution < 1.29 is 40.4 Å². The van der Waals surface area contributed by atoms with Crippen LogP contribution in [-0.4, -0.2) is 91.4 Å². The number of alkyl halides is 4. The highest BCUT2D eigenvalue weighted by molar-refractivity contribution is 6.34. The first-order chi connectivity index (χ1) is 24.7. The molecule has 0 aliphatic carbocycles. The fourth-order valence-electron chi connectivity index (χ4n) is 9.07. The molecule has 3 aromatic heterocycles. The van der Waals surface area contributed by atoms with Crippen LogP contribution in [0.4, 0.5) is 38.0 Å². The number of quaternary nitrogens is 1. The molecule has 6 fully saturated rings. The van der Waals surface area contributed by atoms with Crippen molar-refractivity contribution in [3.05, 3.63) is 70.0 Å². The summed E-state index contributed by atoms with van der Waals surface area (Å²) in [6, 6.07) is 6.41. The Hall–Kier alpha value is -4.54. The van der Waals surface area contributed by atoms with Gasteiger partial charge in [0, 0.05) is 30.6 Å². The quantitative estimate of drug-likeness (QED) is 0.105. The van der Waals surface area contributed by atoms with Gasteiger partial charge in [-0.1, -0.05) is 17.7 Å². The maximum absolute atomic E-state index is 16.9. The van der Waals surface area contributed by atoms with Crippen LogP contribution >= 0.6 is 11.6 Å². The first-order valence-corrected chi connectivity index (χ1v) is 17.2. The van der Waals surface area contributed by atoms with E-state index >= 15 is 8.78 Å². The third kappa shape index (κ3) is 4.76. The Morgan fingerprint density at radius 2 is 2.02 bits per heavy atom. The third-order valence-electron chi connectivity index (χ3n) is 11.3. The van der Waals surface area contributed by atoms with E-state index in [9.17, 15) is 22.4 Å². The third-order valence-corrected chi connectivity index (χ3v) is 11.6. The minimum absolute atomic E-state index is 0.00862. The normalized spacial score (nSPS) is 29.1. The summed E-state index contributed by atoms with van der Waals surface area (Å²) in [5.74, 6) is -3.05. The lowest BCUT2D eigenvalue weighted by Gasteiger charge is -2.31. The minimum Gasteiger partial charge on any atom is -0.461 e. The molecule has 10 rings (SSSR count). The number of amides is 1. The van der Waals surface area contributed by atoms with E-state index in [1.807, 2.05) is 4.90 Å². The molecular formula is C35H30ClF6N8O2+. The first-order valence-electron chi connectivity index (χ1n) is 16.8. The van der Waals surface area contributed by atoms with Crippen molar-refractivity contribution in [2.45, 2.75) is 62.3 Å². The Balaban J connectivity index is 1.14. The zero-order valence-electron chi connectivity index (χ0n) is 27.5. The average molecular weight is 744 g/mol. The Labute approximate surface area is 297 Å². The molecule has 0 spiro atoms. The summed E-state index contributed by atoms with van der Waals surface area (Å²) in [6.45, 7) is 2.38. The van der Waals surface area contributed by atoms with Crippen LogP contribution in [0.3, 0.4) is 0 Å². The van der Waals surface area contributed by atoms with Crippen LogP contribution in [0.1, 0.15) is 36.1 Å². The van der Waals surface area contributed by atoms with Gasteiger partial charge in [0.1, 0.15) is 29.9 Å². The van der Waals surface area contributed by atoms with Gasteiger partial charge in [-0.2, -0.15) is 27.5 Å². The van der Waals surface area contributed by atoms with Crippen molar-refractivity contribution in [3.8, 4) is 17.3 Å². The van der Waals surface area contributed by atoms with Crippen LogP contribution < -0.4 is 15.4 Å². The van der Waals surface area contributed by atoms with Crippen molar-refractivity contribution in [1.82, 2.24) is 24.8 Å². The van der Waals surface area contributed by atoms with Crippen molar-refractivity contribution in [2.24, 2.45) is 0 Å². The molecule has 6 aliphatic rings. The lowest BCUT2D eigenvalue weighted by atomic mass is 9.95. The zero-order chi connectivity index (χ0) is 36.5. The lowest BCUT2D eigenvalue weighted by Crippen LogP contribution is -2.43. The number of carbonyl (C=O) groups excluding carboxylic acids is 1. The molecule has 2 N–H and O–H groups in total. The van der Waals surface area contributed by atoms with Gasteiger partial charge in [0.2, 0.25) is 18.0 Å². The topological polar surface area (TPSA) is 110 Å². The summed E-state index contributed by atoms with van der Waals surface area (Å²) in [7, 11) is 0. The van der Waals surface area contributed by atoms with Gasteiger partial charge in [0.25, 0.3) is 0 Å². The highest BCUT2D eigenvalue weighted by Crippen LogP contribution is 2.70. The highest BCUT2D eigenvalue weighted by atomic mass is 35.5. The van der Waals surface area contributed by atoms with E-state index in [1.165, 1.54) is 19.2 Å². The Bertz CT molecular complexity index is 2220. The molecule has 9 heterocycles. The molecule has 270 valence electrons. The predicted molar refractivity (Wildman–Crippen MR) is 178 cm³/mol. The van der Waals surface area contributed by atoms with E-state index in [1.54, 1.807) is 23.1 Å². The molecule has 17 heteroatoms. The van der Waals surface area contributed by atoms with Crippen molar-refractivity contribution in [1.29, 1.82) is 0 Å². The summed E-state index contributed by atoms with van der Waals surface area (Å²) in [5, 5.41) is -0.364. The second-order valence-corrected chi connectivity index (χ2v) is 14.6. The average Bonchev–Trinajstić information content (AvgIpc) is 3.55. The molecule has 4 aromatic rings. The number of piperazine rings is 1. The van der Waals surface area contributed by atoms with Gasteiger partial charge in [-0.05, 0) is 56.1 Å². The second-order valence-electron chi connectivity index (χ2n) is 14.2. The number of ether oxygens (including phenoxy) is 1. The summed E-state index contributed by atoms with van der Waals surface area (Å²) in [5.41, 5.74) is 2.14. The number of aryl methyl sites for hydroxylation is 1. The van der Waals surface area contributed by atoms with Crippen molar-refractivity contribution >= 4 is 46.1 Å². The molecule has 10 nitrogen and oxygen atoms in total. The zero-order valence-corrected chi connectivity index (χ0v) is 28.2. The Morgan fingerprint density at radius 3 is 2.75 bits per heavy atom. The summed E-state index contributed by atoms with van der Waals surface area (Å²) in [4.78, 5) is 34.2. The fraction of sp³-hybridized carbons (Fsp3) is 0.400. The summed E-state index contributed by atoms with van der Waals surface area (Å²) < 4.78 is 95.7. The number of pyridine rings is 2. The number of nitrogen functional groups attached to an aromatic ring is 1. The van der Waals surface area contributed by atoms with Gasteiger partial charge in [-0.3, -0.25) is 14.8 Å². The largest absolute Gasteiger partial charge is 0.461 e. The molecule has 52 heavy (non-hydrogen) atoms. The van der Waals surface area contributed by atoms with Crippen LogP contribution in [0.2, 0.25) is 5.02 Å². The van der Waals surface area contributed by atoms with E-state index in [4.69, 9.17) is 22.1 Å². The molecule has 0 saturated carbocycles. The molecule has 0 radical (unpaired) electrons. The number of nitrogens with two attached hydrogens (primary N) is 1. The van der Waals surface area contributed by atoms with Crippen molar-refractivity contribution in [2.75, 3.05) is 36.9 Å². The minimum atomic E-state index is -4.93. The first kappa shape index (κ1) is 33.3. The number of anilines is 2. The number of nitrogens with zero attached hydrogens (tertiary/aromatic N) is 7. The van der Waals surface area contributed by atoms with E-state index < -0.39 is 69.0 Å². The van der Waals surface area contributed by atoms with E-state index in [-0.39, 0.29) is 77.0 Å². The number of hydrogen-bond acceptors (Lipinski definition) is 9. The van der Waals surface area contributed by atoms with Crippen LogP contribution in [0, 0.1) is 12.7 Å². The van der Waals surface area contributed by atoms with E-state index in [2.05, 4.69) is 19.9 Å².